The molecule has 2 rings (SSSR count). The molecule has 138 valence electrons. The van der Waals surface area contributed by atoms with Crippen LogP contribution in [0.1, 0.15) is 22.8 Å². The van der Waals surface area contributed by atoms with Crippen LogP contribution in [0.5, 0.6) is 0 Å². The Hall–Kier alpha value is -2.38. The van der Waals surface area contributed by atoms with Crippen molar-refractivity contribution < 1.29 is 22.7 Å². The molecule has 26 heavy (non-hydrogen) atoms. The van der Waals surface area contributed by atoms with E-state index >= 15 is 0 Å². The molecule has 0 aliphatic heterocycles. The zero-order valence-corrected chi connectivity index (χ0v) is 16.0. The molecular weight excluding hydrogens is 378 g/mol. The summed E-state index contributed by atoms with van der Waals surface area (Å²) < 4.78 is 28.3. The van der Waals surface area contributed by atoms with Crippen LogP contribution in [0.25, 0.3) is 0 Å². The zero-order chi connectivity index (χ0) is 19.5. The normalized spacial score (nSPS) is 12.3. The van der Waals surface area contributed by atoms with Gasteiger partial charge in [0.1, 0.15) is 0 Å². The summed E-state index contributed by atoms with van der Waals surface area (Å²) in [6.45, 7) is 3.23. The lowest BCUT2D eigenvalue weighted by Crippen LogP contribution is -2.30. The van der Waals surface area contributed by atoms with Crippen LogP contribution in [0.2, 0.25) is 5.02 Å². The highest BCUT2D eigenvalue weighted by Crippen LogP contribution is 2.20. The number of amides is 1. The zero-order valence-electron chi connectivity index (χ0n) is 14.4. The molecule has 2 aromatic rings. The van der Waals surface area contributed by atoms with E-state index in [0.717, 1.165) is 11.8 Å². The highest BCUT2D eigenvalue weighted by Gasteiger charge is 2.20. The quantitative estimate of drug-likeness (QED) is 0.785. The number of ether oxygens (including phenoxy) is 1. The molecule has 0 saturated carbocycles. The third-order valence-corrected chi connectivity index (χ3v) is 4.95. The Morgan fingerprint density at radius 1 is 1.15 bits per heavy atom. The van der Waals surface area contributed by atoms with Crippen molar-refractivity contribution in [2.75, 3.05) is 11.6 Å². The van der Waals surface area contributed by atoms with E-state index < -0.39 is 27.8 Å². The first-order valence-corrected chi connectivity index (χ1v) is 9.93. The van der Waals surface area contributed by atoms with Gasteiger partial charge in [-0.15, -0.1) is 0 Å². The molecule has 0 aromatic heterocycles. The molecule has 1 atom stereocenters. The lowest BCUT2D eigenvalue weighted by Gasteiger charge is -2.15. The number of carbonyl (C=O) groups excluding carboxylic acids is 2. The van der Waals surface area contributed by atoms with Crippen LogP contribution in [-0.2, 0) is 19.4 Å². The van der Waals surface area contributed by atoms with Gasteiger partial charge in [-0.2, -0.15) is 0 Å². The summed E-state index contributed by atoms with van der Waals surface area (Å²) in [6.07, 6.45) is -0.0383. The fourth-order valence-electron chi connectivity index (χ4n) is 2.10. The molecule has 0 spiro atoms. The third-order valence-electron chi connectivity index (χ3n) is 3.61. The van der Waals surface area contributed by atoms with Crippen LogP contribution in [0.15, 0.2) is 47.4 Å². The molecule has 0 heterocycles. The molecule has 8 heteroatoms. The first kappa shape index (κ1) is 19.9. The molecule has 0 bridgehead atoms. The first-order valence-electron chi connectivity index (χ1n) is 7.66. The SMILES string of the molecule is Cc1ccc(Cl)cc1NC(=O)C(C)OC(=O)c1cccc(S(C)(=O)=O)c1. The van der Waals surface area contributed by atoms with Gasteiger partial charge < -0.3 is 10.1 Å². The van der Waals surface area contributed by atoms with E-state index in [1.807, 2.05) is 0 Å². The molecule has 0 saturated heterocycles. The summed E-state index contributed by atoms with van der Waals surface area (Å²) in [5.41, 5.74) is 1.37. The Bertz CT molecular complexity index is 956. The van der Waals surface area contributed by atoms with E-state index in [4.69, 9.17) is 16.3 Å². The molecule has 0 aliphatic rings. The second-order valence-corrected chi connectivity index (χ2v) is 8.25. The summed E-state index contributed by atoms with van der Waals surface area (Å²) in [4.78, 5) is 24.4. The van der Waals surface area contributed by atoms with Gasteiger partial charge in [-0.3, -0.25) is 4.79 Å². The molecular formula is C18H18ClNO5S. The summed E-state index contributed by atoms with van der Waals surface area (Å²) >= 11 is 5.91. The molecule has 0 aliphatic carbocycles. The van der Waals surface area contributed by atoms with E-state index in [2.05, 4.69) is 5.32 Å². The van der Waals surface area contributed by atoms with Crippen LogP contribution >= 0.6 is 11.6 Å². The van der Waals surface area contributed by atoms with E-state index in [0.29, 0.717) is 10.7 Å². The number of sulfone groups is 1. The Balaban J connectivity index is 2.09. The maximum Gasteiger partial charge on any atom is 0.338 e. The van der Waals surface area contributed by atoms with Crippen molar-refractivity contribution in [3.05, 3.63) is 58.6 Å². The number of aryl methyl sites for hydroxylation is 1. The van der Waals surface area contributed by atoms with Crippen LogP contribution in [0.4, 0.5) is 5.69 Å². The van der Waals surface area contributed by atoms with E-state index in [1.54, 1.807) is 25.1 Å². The number of esters is 1. The Kier molecular flexibility index (Phi) is 6.05. The number of halogens is 1. The Morgan fingerprint density at radius 3 is 2.50 bits per heavy atom. The van der Waals surface area contributed by atoms with E-state index in [9.17, 15) is 18.0 Å². The number of anilines is 1. The number of hydrogen-bond donors (Lipinski definition) is 1. The number of hydrogen-bond acceptors (Lipinski definition) is 5. The molecule has 1 N–H and O–H groups in total. The maximum absolute atomic E-state index is 12.2. The van der Waals surface area contributed by atoms with Gasteiger partial charge in [0.15, 0.2) is 15.9 Å². The van der Waals surface area contributed by atoms with Gasteiger partial charge in [-0.05, 0) is 49.7 Å². The standard InChI is InChI=1S/C18H18ClNO5S/c1-11-7-8-14(19)10-16(11)20-17(21)12(2)25-18(22)13-5-4-6-15(9-13)26(3,23)24/h4-10,12H,1-3H3,(H,20,21). The van der Waals surface area contributed by atoms with Gasteiger partial charge in [0.2, 0.25) is 0 Å². The highest BCUT2D eigenvalue weighted by molar-refractivity contribution is 7.90. The number of carbonyl (C=O) groups is 2. The lowest BCUT2D eigenvalue weighted by atomic mass is 10.2. The molecule has 1 unspecified atom stereocenters. The van der Waals surface area contributed by atoms with Gasteiger partial charge in [-0.1, -0.05) is 23.7 Å². The second kappa shape index (κ2) is 7.88. The van der Waals surface area contributed by atoms with Gasteiger partial charge >= 0.3 is 5.97 Å². The monoisotopic (exact) mass is 395 g/mol. The summed E-state index contributed by atoms with van der Waals surface area (Å²) in [5.74, 6) is -1.32. The molecule has 0 radical (unpaired) electrons. The van der Waals surface area contributed by atoms with Crippen molar-refractivity contribution in [3.8, 4) is 0 Å². The minimum Gasteiger partial charge on any atom is -0.449 e. The predicted octanol–water partition coefficient (Wildman–Crippen LogP) is 3.24. The van der Waals surface area contributed by atoms with Crippen LogP contribution < -0.4 is 5.32 Å². The first-order chi connectivity index (χ1) is 12.1. The summed E-state index contributed by atoms with van der Waals surface area (Å²) in [7, 11) is -3.45. The number of benzene rings is 2. The topological polar surface area (TPSA) is 89.5 Å². The third kappa shape index (κ3) is 5.06. The average molecular weight is 396 g/mol. The van der Waals surface area contributed by atoms with Crippen molar-refractivity contribution >= 4 is 39.0 Å². The maximum atomic E-state index is 12.2. The van der Waals surface area contributed by atoms with Gasteiger partial charge in [0, 0.05) is 17.0 Å². The fourth-order valence-corrected chi connectivity index (χ4v) is 2.94. The van der Waals surface area contributed by atoms with Crippen molar-refractivity contribution in [1.29, 1.82) is 0 Å². The van der Waals surface area contributed by atoms with Gasteiger partial charge in [0.25, 0.3) is 5.91 Å². The largest absolute Gasteiger partial charge is 0.449 e. The van der Waals surface area contributed by atoms with Crippen LogP contribution in [0, 0.1) is 6.92 Å². The molecule has 6 nitrogen and oxygen atoms in total. The van der Waals surface area contributed by atoms with Crippen molar-refractivity contribution in [2.45, 2.75) is 24.8 Å². The second-order valence-electron chi connectivity index (χ2n) is 5.80. The molecule has 0 fully saturated rings. The molecule has 1 amide bonds. The van der Waals surface area contributed by atoms with Crippen molar-refractivity contribution in [3.63, 3.8) is 0 Å². The van der Waals surface area contributed by atoms with Crippen molar-refractivity contribution in [1.82, 2.24) is 0 Å². The number of nitrogens with one attached hydrogen (secondary N) is 1. The lowest BCUT2D eigenvalue weighted by molar-refractivity contribution is -0.123. The van der Waals surface area contributed by atoms with Crippen LogP contribution in [-0.4, -0.2) is 32.7 Å². The van der Waals surface area contributed by atoms with Crippen molar-refractivity contribution in [2.24, 2.45) is 0 Å². The number of rotatable bonds is 5. The van der Waals surface area contributed by atoms with Crippen LogP contribution in [0.3, 0.4) is 0 Å². The average Bonchev–Trinajstić information content (AvgIpc) is 2.57. The van der Waals surface area contributed by atoms with Gasteiger partial charge in [0.05, 0.1) is 10.5 Å². The predicted molar refractivity (Wildman–Crippen MR) is 99.2 cm³/mol. The minimum absolute atomic E-state index is 0.00129. The highest BCUT2D eigenvalue weighted by atomic mass is 35.5. The Morgan fingerprint density at radius 2 is 1.85 bits per heavy atom. The summed E-state index contributed by atoms with van der Waals surface area (Å²) in [6, 6.07) is 10.5. The summed E-state index contributed by atoms with van der Waals surface area (Å²) in [5, 5.41) is 3.11. The van der Waals surface area contributed by atoms with E-state index in [1.165, 1.54) is 31.2 Å². The smallest absolute Gasteiger partial charge is 0.338 e. The fraction of sp³-hybridized carbons (Fsp3) is 0.222. The minimum atomic E-state index is -3.45. The van der Waals surface area contributed by atoms with Gasteiger partial charge in [-0.25, -0.2) is 13.2 Å². The Labute approximate surface area is 157 Å². The molecule has 2 aromatic carbocycles. The van der Waals surface area contributed by atoms with E-state index in [-0.39, 0.29) is 10.5 Å².